The zero-order valence-electron chi connectivity index (χ0n) is 14.8. The number of ether oxygens (including phenoxy) is 1. The Labute approximate surface area is 144 Å². The van der Waals surface area contributed by atoms with Gasteiger partial charge in [-0.3, -0.25) is 4.79 Å². The fourth-order valence-electron chi connectivity index (χ4n) is 3.05. The van der Waals surface area contributed by atoms with Gasteiger partial charge in [0, 0.05) is 32.7 Å². The Balaban J connectivity index is 2.35. The lowest BCUT2D eigenvalue weighted by atomic mass is 9.94. The van der Waals surface area contributed by atoms with Crippen LogP contribution in [0.4, 0.5) is 0 Å². The van der Waals surface area contributed by atoms with Crippen molar-refractivity contribution in [3.05, 3.63) is 23.8 Å². The first-order valence-electron chi connectivity index (χ1n) is 8.16. The number of hydrogen-bond donors (Lipinski definition) is 0. The Morgan fingerprint density at radius 1 is 1.12 bits per heavy atom. The molecule has 0 bridgehead atoms. The van der Waals surface area contributed by atoms with Gasteiger partial charge in [0.1, 0.15) is 10.6 Å². The van der Waals surface area contributed by atoms with Crippen molar-refractivity contribution in [3.63, 3.8) is 0 Å². The van der Waals surface area contributed by atoms with Crippen LogP contribution in [0.1, 0.15) is 42.5 Å². The third-order valence-corrected chi connectivity index (χ3v) is 6.45. The number of methoxy groups -OCH3 is 1. The average molecular weight is 354 g/mol. The maximum absolute atomic E-state index is 12.8. The van der Waals surface area contributed by atoms with Crippen LogP contribution < -0.4 is 4.74 Å². The molecule has 1 amide bonds. The fourth-order valence-corrected chi connectivity index (χ4v) is 4.12. The van der Waals surface area contributed by atoms with E-state index in [9.17, 15) is 13.2 Å². The van der Waals surface area contributed by atoms with E-state index in [0.29, 0.717) is 5.56 Å². The fraction of sp³-hybridized carbons (Fsp3) is 0.588. The van der Waals surface area contributed by atoms with Gasteiger partial charge in [-0.25, -0.2) is 12.7 Å². The first kappa shape index (κ1) is 18.7. The van der Waals surface area contributed by atoms with Crippen molar-refractivity contribution in [2.45, 2.75) is 43.0 Å². The summed E-state index contributed by atoms with van der Waals surface area (Å²) in [5.74, 6) is 0.0836. The minimum Gasteiger partial charge on any atom is -0.495 e. The van der Waals surface area contributed by atoms with Gasteiger partial charge in [-0.2, -0.15) is 0 Å². The van der Waals surface area contributed by atoms with Crippen LogP contribution in [0, 0.1) is 0 Å². The van der Waals surface area contributed by atoms with E-state index in [2.05, 4.69) is 0 Å². The number of rotatable bonds is 5. The molecule has 0 unspecified atom stereocenters. The molecule has 1 aliphatic carbocycles. The lowest BCUT2D eigenvalue weighted by molar-refractivity contribution is 0.0696. The van der Waals surface area contributed by atoms with Crippen molar-refractivity contribution in [2.24, 2.45) is 0 Å². The summed E-state index contributed by atoms with van der Waals surface area (Å²) in [4.78, 5) is 14.5. The van der Waals surface area contributed by atoms with Crippen LogP contribution >= 0.6 is 0 Å². The summed E-state index contributed by atoms with van der Waals surface area (Å²) in [5.41, 5.74) is 0.365. The van der Waals surface area contributed by atoms with E-state index in [0.717, 1.165) is 30.0 Å². The lowest BCUT2D eigenvalue weighted by Crippen LogP contribution is -2.38. The molecule has 7 heteroatoms. The van der Waals surface area contributed by atoms with Gasteiger partial charge in [-0.05, 0) is 31.0 Å². The van der Waals surface area contributed by atoms with Crippen molar-refractivity contribution < 1.29 is 17.9 Å². The molecule has 0 atom stereocenters. The van der Waals surface area contributed by atoms with Crippen LogP contribution in [-0.2, 0) is 10.0 Å². The SMILES string of the molecule is COc1ccc(C(=O)N(C)C2CCCCC2)cc1S(=O)(=O)N(C)C. The number of amides is 1. The third-order valence-electron chi connectivity index (χ3n) is 4.61. The van der Waals surface area contributed by atoms with Gasteiger partial charge >= 0.3 is 0 Å². The van der Waals surface area contributed by atoms with Crippen LogP contribution in [0.25, 0.3) is 0 Å². The predicted molar refractivity (Wildman–Crippen MR) is 92.8 cm³/mol. The molecule has 0 aromatic heterocycles. The van der Waals surface area contributed by atoms with Crippen molar-refractivity contribution in [1.82, 2.24) is 9.21 Å². The normalized spacial score (nSPS) is 16.2. The van der Waals surface area contributed by atoms with E-state index in [1.165, 1.54) is 33.7 Å². The van der Waals surface area contributed by atoms with Crippen molar-refractivity contribution >= 4 is 15.9 Å². The predicted octanol–water partition coefficient (Wildman–Crippen LogP) is 2.35. The Bertz CT molecular complexity index is 695. The van der Waals surface area contributed by atoms with Gasteiger partial charge < -0.3 is 9.64 Å². The van der Waals surface area contributed by atoms with E-state index in [1.54, 1.807) is 24.1 Å². The van der Waals surface area contributed by atoms with Crippen molar-refractivity contribution in [1.29, 1.82) is 0 Å². The Kier molecular flexibility index (Phi) is 5.87. The first-order valence-corrected chi connectivity index (χ1v) is 9.60. The first-order chi connectivity index (χ1) is 11.3. The minimum absolute atomic E-state index is 0.0119. The highest BCUT2D eigenvalue weighted by Gasteiger charge is 2.27. The Hall–Kier alpha value is -1.60. The number of carbonyl (C=O) groups is 1. The van der Waals surface area contributed by atoms with Gasteiger partial charge in [0.15, 0.2) is 0 Å². The molecule has 0 heterocycles. The Morgan fingerprint density at radius 2 is 1.75 bits per heavy atom. The molecule has 0 radical (unpaired) electrons. The van der Waals surface area contributed by atoms with Gasteiger partial charge in [0.05, 0.1) is 7.11 Å². The molecule has 0 aliphatic heterocycles. The van der Waals surface area contributed by atoms with E-state index >= 15 is 0 Å². The molecule has 134 valence electrons. The molecular formula is C17H26N2O4S. The molecule has 24 heavy (non-hydrogen) atoms. The van der Waals surface area contributed by atoms with E-state index in [1.807, 2.05) is 0 Å². The summed E-state index contributed by atoms with van der Waals surface area (Å²) in [6.45, 7) is 0. The van der Waals surface area contributed by atoms with E-state index in [4.69, 9.17) is 4.74 Å². The number of benzene rings is 1. The minimum atomic E-state index is -3.69. The second-order valence-corrected chi connectivity index (χ2v) is 8.48. The van der Waals surface area contributed by atoms with Gasteiger partial charge in [-0.15, -0.1) is 0 Å². The van der Waals surface area contributed by atoms with E-state index in [-0.39, 0.29) is 22.6 Å². The average Bonchev–Trinajstić information content (AvgIpc) is 2.60. The molecule has 1 saturated carbocycles. The molecule has 0 N–H and O–H groups in total. The van der Waals surface area contributed by atoms with E-state index < -0.39 is 10.0 Å². The van der Waals surface area contributed by atoms with Crippen molar-refractivity contribution in [2.75, 3.05) is 28.3 Å². The summed E-state index contributed by atoms with van der Waals surface area (Å²) in [6.07, 6.45) is 5.48. The molecule has 6 nitrogen and oxygen atoms in total. The Morgan fingerprint density at radius 3 is 2.29 bits per heavy atom. The molecule has 1 fully saturated rings. The zero-order chi connectivity index (χ0) is 17.9. The second-order valence-electron chi connectivity index (χ2n) is 6.36. The highest BCUT2D eigenvalue weighted by molar-refractivity contribution is 7.89. The van der Waals surface area contributed by atoms with Gasteiger partial charge in [0.25, 0.3) is 5.91 Å². The second kappa shape index (κ2) is 7.53. The summed E-state index contributed by atoms with van der Waals surface area (Å²) in [5, 5.41) is 0. The van der Waals surface area contributed by atoms with Crippen LogP contribution in [0.15, 0.2) is 23.1 Å². The smallest absolute Gasteiger partial charge is 0.253 e. The van der Waals surface area contributed by atoms with Gasteiger partial charge in [0.2, 0.25) is 10.0 Å². The summed E-state index contributed by atoms with van der Waals surface area (Å²) < 4.78 is 31.2. The monoisotopic (exact) mass is 354 g/mol. The maximum Gasteiger partial charge on any atom is 0.253 e. The molecule has 0 spiro atoms. The van der Waals surface area contributed by atoms with Crippen LogP contribution in [0.5, 0.6) is 5.75 Å². The van der Waals surface area contributed by atoms with Crippen molar-refractivity contribution in [3.8, 4) is 5.75 Å². The van der Waals surface area contributed by atoms with Crippen LogP contribution in [-0.4, -0.2) is 57.8 Å². The molecule has 2 rings (SSSR count). The maximum atomic E-state index is 12.8. The summed E-state index contributed by atoms with van der Waals surface area (Å²) in [7, 11) is 2.43. The largest absolute Gasteiger partial charge is 0.495 e. The number of hydrogen-bond acceptors (Lipinski definition) is 4. The quantitative estimate of drug-likeness (QED) is 0.814. The molecule has 0 saturated heterocycles. The topological polar surface area (TPSA) is 66.9 Å². The van der Waals surface area contributed by atoms with Crippen LogP contribution in [0.3, 0.4) is 0 Å². The number of sulfonamides is 1. The van der Waals surface area contributed by atoms with Gasteiger partial charge in [-0.1, -0.05) is 19.3 Å². The molecular weight excluding hydrogens is 328 g/mol. The standard InChI is InChI=1S/C17H26N2O4S/c1-18(2)24(21,22)16-12-13(10-11-15(16)23-4)17(20)19(3)14-8-6-5-7-9-14/h10-12,14H,5-9H2,1-4H3. The zero-order valence-corrected chi connectivity index (χ0v) is 15.6. The number of carbonyl (C=O) groups excluding carboxylic acids is 1. The highest BCUT2D eigenvalue weighted by Crippen LogP contribution is 2.28. The molecule has 1 aromatic rings. The lowest BCUT2D eigenvalue weighted by Gasteiger charge is -2.31. The van der Waals surface area contributed by atoms with Crippen LogP contribution in [0.2, 0.25) is 0 Å². The molecule has 1 aliphatic rings. The summed E-state index contributed by atoms with van der Waals surface area (Å²) in [6, 6.07) is 4.80. The highest BCUT2D eigenvalue weighted by atomic mass is 32.2. The number of nitrogens with zero attached hydrogens (tertiary/aromatic N) is 2. The summed E-state index contributed by atoms with van der Waals surface area (Å²) >= 11 is 0. The third kappa shape index (κ3) is 3.72. The molecule has 1 aromatic carbocycles.